The van der Waals surface area contributed by atoms with Gasteiger partial charge in [0.2, 0.25) is 0 Å². The molecule has 110 valence electrons. The van der Waals surface area contributed by atoms with Gasteiger partial charge >= 0.3 is 5.97 Å². The maximum atomic E-state index is 12.6. The van der Waals surface area contributed by atoms with Gasteiger partial charge in [0.1, 0.15) is 6.54 Å². The van der Waals surface area contributed by atoms with Crippen LogP contribution in [-0.2, 0) is 4.79 Å². The van der Waals surface area contributed by atoms with Crippen LogP contribution in [0.2, 0.25) is 0 Å². The van der Waals surface area contributed by atoms with E-state index in [4.69, 9.17) is 5.11 Å². The number of hydrogen-bond acceptors (Lipinski definition) is 3. The summed E-state index contributed by atoms with van der Waals surface area (Å²) in [7, 11) is 0. The Hall–Kier alpha value is -2.43. The molecule has 1 aromatic carbocycles. The van der Waals surface area contributed by atoms with Crippen molar-refractivity contribution in [1.29, 1.82) is 0 Å². The van der Waals surface area contributed by atoms with Gasteiger partial charge in [-0.05, 0) is 45.0 Å². The number of carbonyl (C=O) groups excluding carboxylic acids is 1. The van der Waals surface area contributed by atoms with Crippen molar-refractivity contribution in [1.82, 2.24) is 9.88 Å². The van der Waals surface area contributed by atoms with Gasteiger partial charge in [-0.3, -0.25) is 14.6 Å². The SMILES string of the molecule is CC(C)(C)N(CC(=O)O)C(=O)c1ccc2ncccc2c1. The molecule has 21 heavy (non-hydrogen) atoms. The number of pyridine rings is 1. The summed E-state index contributed by atoms with van der Waals surface area (Å²) in [5, 5.41) is 9.87. The number of rotatable bonds is 3. The summed E-state index contributed by atoms with van der Waals surface area (Å²) in [6.07, 6.45) is 1.69. The van der Waals surface area contributed by atoms with Gasteiger partial charge in [-0.1, -0.05) is 6.07 Å². The lowest BCUT2D eigenvalue weighted by Crippen LogP contribution is -2.48. The van der Waals surface area contributed by atoms with Crippen LogP contribution in [0.1, 0.15) is 31.1 Å². The molecule has 0 atom stereocenters. The second kappa shape index (κ2) is 5.52. The second-order valence-corrected chi connectivity index (χ2v) is 5.87. The molecule has 5 nitrogen and oxygen atoms in total. The lowest BCUT2D eigenvalue weighted by molar-refractivity contribution is -0.138. The van der Waals surface area contributed by atoms with Crippen molar-refractivity contribution < 1.29 is 14.7 Å². The molecule has 2 aromatic rings. The summed E-state index contributed by atoms with van der Waals surface area (Å²) in [6, 6.07) is 8.86. The first-order valence-electron chi connectivity index (χ1n) is 6.67. The Morgan fingerprint density at radius 1 is 1.24 bits per heavy atom. The fourth-order valence-corrected chi connectivity index (χ4v) is 2.11. The molecule has 1 amide bonds. The molecule has 1 N–H and O–H groups in total. The van der Waals surface area contributed by atoms with Crippen molar-refractivity contribution in [3.63, 3.8) is 0 Å². The van der Waals surface area contributed by atoms with Gasteiger partial charge in [0.25, 0.3) is 5.91 Å². The molecule has 1 aromatic heterocycles. The van der Waals surface area contributed by atoms with Gasteiger partial charge in [-0.25, -0.2) is 0 Å². The number of amides is 1. The highest BCUT2D eigenvalue weighted by atomic mass is 16.4. The standard InChI is InChI=1S/C16H18N2O3/c1-16(2,3)18(10-14(19)20)15(21)12-6-7-13-11(9-12)5-4-8-17-13/h4-9H,10H2,1-3H3,(H,19,20). The average Bonchev–Trinajstić information content (AvgIpc) is 2.42. The second-order valence-electron chi connectivity index (χ2n) is 5.87. The van der Waals surface area contributed by atoms with Crippen molar-refractivity contribution in [2.24, 2.45) is 0 Å². The Bertz CT molecular complexity index is 689. The average molecular weight is 286 g/mol. The van der Waals surface area contributed by atoms with Crippen LogP contribution in [0, 0.1) is 0 Å². The topological polar surface area (TPSA) is 70.5 Å². The van der Waals surface area contributed by atoms with Gasteiger partial charge in [-0.15, -0.1) is 0 Å². The van der Waals surface area contributed by atoms with Crippen LogP contribution in [0.3, 0.4) is 0 Å². The number of nitrogens with zero attached hydrogens (tertiary/aromatic N) is 2. The third-order valence-corrected chi connectivity index (χ3v) is 3.20. The predicted molar refractivity (Wildman–Crippen MR) is 80.2 cm³/mol. The van der Waals surface area contributed by atoms with Crippen LogP contribution >= 0.6 is 0 Å². The lowest BCUT2D eigenvalue weighted by atomic mass is 10.0. The Labute approximate surface area is 123 Å². The highest BCUT2D eigenvalue weighted by Crippen LogP contribution is 2.20. The van der Waals surface area contributed by atoms with Crippen molar-refractivity contribution in [2.45, 2.75) is 26.3 Å². The van der Waals surface area contributed by atoms with Crippen LogP contribution in [0.15, 0.2) is 36.5 Å². The number of carbonyl (C=O) groups is 2. The Morgan fingerprint density at radius 3 is 2.57 bits per heavy atom. The van der Waals surface area contributed by atoms with Crippen molar-refractivity contribution >= 4 is 22.8 Å². The van der Waals surface area contributed by atoms with E-state index in [0.29, 0.717) is 5.56 Å². The minimum Gasteiger partial charge on any atom is -0.480 e. The number of carboxylic acid groups (broad SMARTS) is 1. The summed E-state index contributed by atoms with van der Waals surface area (Å²) in [6.45, 7) is 5.12. The van der Waals surface area contributed by atoms with E-state index < -0.39 is 11.5 Å². The monoisotopic (exact) mass is 286 g/mol. The van der Waals surface area contributed by atoms with E-state index in [0.717, 1.165) is 10.9 Å². The zero-order valence-corrected chi connectivity index (χ0v) is 12.3. The molecular formula is C16H18N2O3. The van der Waals surface area contributed by atoms with E-state index in [1.165, 1.54) is 4.90 Å². The molecule has 5 heteroatoms. The van der Waals surface area contributed by atoms with Gasteiger partial charge in [0.05, 0.1) is 5.52 Å². The van der Waals surface area contributed by atoms with Crippen LogP contribution in [0.25, 0.3) is 10.9 Å². The minimum atomic E-state index is -1.03. The molecule has 0 radical (unpaired) electrons. The zero-order chi connectivity index (χ0) is 15.6. The van der Waals surface area contributed by atoms with E-state index in [9.17, 15) is 9.59 Å². The Balaban J connectivity index is 2.40. The highest BCUT2D eigenvalue weighted by molar-refractivity contribution is 5.99. The first-order valence-corrected chi connectivity index (χ1v) is 6.67. The number of hydrogen-bond donors (Lipinski definition) is 1. The number of aromatic nitrogens is 1. The molecule has 2 rings (SSSR count). The van der Waals surface area contributed by atoms with Crippen molar-refractivity contribution in [3.05, 3.63) is 42.1 Å². The van der Waals surface area contributed by atoms with Crippen LogP contribution in [0.5, 0.6) is 0 Å². The smallest absolute Gasteiger partial charge is 0.323 e. The first-order chi connectivity index (χ1) is 9.79. The van der Waals surface area contributed by atoms with E-state index >= 15 is 0 Å². The van der Waals surface area contributed by atoms with E-state index in [1.54, 1.807) is 30.5 Å². The highest BCUT2D eigenvalue weighted by Gasteiger charge is 2.29. The molecule has 0 saturated heterocycles. The van der Waals surface area contributed by atoms with Crippen LogP contribution in [-0.4, -0.2) is 39.0 Å². The molecule has 0 bridgehead atoms. The summed E-state index contributed by atoms with van der Waals surface area (Å²) in [4.78, 5) is 29.2. The van der Waals surface area contributed by atoms with E-state index in [-0.39, 0.29) is 12.5 Å². The molecule has 0 aliphatic heterocycles. The minimum absolute atomic E-state index is 0.296. The summed E-state index contributed by atoms with van der Waals surface area (Å²) < 4.78 is 0. The molecular weight excluding hydrogens is 268 g/mol. The predicted octanol–water partition coefficient (Wildman–Crippen LogP) is 2.56. The lowest BCUT2D eigenvalue weighted by Gasteiger charge is -2.34. The van der Waals surface area contributed by atoms with Crippen LogP contribution < -0.4 is 0 Å². The van der Waals surface area contributed by atoms with Crippen molar-refractivity contribution in [2.75, 3.05) is 6.54 Å². The molecule has 0 unspecified atom stereocenters. The molecule has 0 aliphatic rings. The maximum absolute atomic E-state index is 12.6. The molecule has 0 aliphatic carbocycles. The molecule has 1 heterocycles. The molecule has 0 spiro atoms. The maximum Gasteiger partial charge on any atom is 0.323 e. The fourth-order valence-electron chi connectivity index (χ4n) is 2.11. The normalized spacial score (nSPS) is 11.4. The molecule has 0 saturated carbocycles. The largest absolute Gasteiger partial charge is 0.480 e. The van der Waals surface area contributed by atoms with Gasteiger partial charge in [-0.2, -0.15) is 0 Å². The quantitative estimate of drug-likeness (QED) is 0.941. The Morgan fingerprint density at radius 2 is 1.95 bits per heavy atom. The summed E-state index contributed by atoms with van der Waals surface area (Å²) in [5.41, 5.74) is 0.695. The fraction of sp³-hybridized carbons (Fsp3) is 0.312. The summed E-state index contributed by atoms with van der Waals surface area (Å²) in [5.74, 6) is -1.32. The number of carboxylic acids is 1. The third kappa shape index (κ3) is 3.37. The van der Waals surface area contributed by atoms with Crippen LogP contribution in [0.4, 0.5) is 0 Å². The number of aliphatic carboxylic acids is 1. The van der Waals surface area contributed by atoms with Gasteiger partial charge < -0.3 is 10.0 Å². The summed E-state index contributed by atoms with van der Waals surface area (Å²) >= 11 is 0. The van der Waals surface area contributed by atoms with E-state index in [1.807, 2.05) is 26.8 Å². The van der Waals surface area contributed by atoms with Crippen molar-refractivity contribution in [3.8, 4) is 0 Å². The zero-order valence-electron chi connectivity index (χ0n) is 12.3. The first kappa shape index (κ1) is 15.0. The van der Waals surface area contributed by atoms with E-state index in [2.05, 4.69) is 4.98 Å². The number of benzene rings is 1. The molecule has 0 fully saturated rings. The Kier molecular flexibility index (Phi) is 3.93. The number of fused-ring (bicyclic) bond motifs is 1. The van der Waals surface area contributed by atoms with Gasteiger partial charge in [0.15, 0.2) is 0 Å². The third-order valence-electron chi connectivity index (χ3n) is 3.20. The van der Waals surface area contributed by atoms with Gasteiger partial charge in [0, 0.05) is 22.7 Å².